The van der Waals surface area contributed by atoms with Crippen molar-refractivity contribution < 1.29 is 0 Å². The zero-order valence-electron chi connectivity index (χ0n) is 25.9. The summed E-state index contributed by atoms with van der Waals surface area (Å²) in [5.74, 6) is 0.763. The van der Waals surface area contributed by atoms with Crippen molar-refractivity contribution in [3.05, 3.63) is 131 Å². The van der Waals surface area contributed by atoms with Crippen LogP contribution in [0, 0.1) is 26.7 Å². The molecule has 1 nitrogen and oxygen atoms in total. The lowest BCUT2D eigenvalue weighted by Gasteiger charge is -2.09. The maximum Gasteiger partial charge on any atom is 0.108 e. The van der Waals surface area contributed by atoms with E-state index < -0.39 is 0 Å². The number of hydrogen-bond donors (Lipinski definition) is 0. The fourth-order valence-electron chi connectivity index (χ4n) is 3.34. The third-order valence-corrected chi connectivity index (χ3v) is 7.03. The summed E-state index contributed by atoms with van der Waals surface area (Å²) in [5, 5.41) is 1.03. The van der Waals surface area contributed by atoms with Crippen LogP contribution in [0.15, 0.2) is 118 Å². The quantitative estimate of drug-likeness (QED) is 0.229. The SMILES string of the molecule is C=C(C)/C(C)=C/c1cccnc1Sc1ccc(C)cc1C.CC(C)=S.CC1=CCC(C)C=C1.Cc1ccccc1. The van der Waals surface area contributed by atoms with E-state index in [9.17, 15) is 0 Å². The van der Waals surface area contributed by atoms with Crippen LogP contribution in [-0.4, -0.2) is 9.85 Å². The third-order valence-electron chi connectivity index (χ3n) is 5.82. The molecule has 212 valence electrons. The van der Waals surface area contributed by atoms with Crippen LogP contribution in [0.1, 0.15) is 70.2 Å². The van der Waals surface area contributed by atoms with E-state index in [0.717, 1.165) is 26.9 Å². The first-order valence-corrected chi connectivity index (χ1v) is 15.0. The zero-order chi connectivity index (χ0) is 30.1. The van der Waals surface area contributed by atoms with Crippen molar-refractivity contribution in [3.63, 3.8) is 0 Å². The number of pyridine rings is 1. The average Bonchev–Trinajstić information content (AvgIpc) is 2.89. The van der Waals surface area contributed by atoms with Crippen LogP contribution in [0.3, 0.4) is 0 Å². The van der Waals surface area contributed by atoms with Crippen molar-refractivity contribution in [1.82, 2.24) is 4.98 Å². The Balaban J connectivity index is 0.000000341. The molecule has 4 rings (SSSR count). The molecule has 3 heteroatoms. The Morgan fingerprint density at radius 1 is 0.925 bits per heavy atom. The molecule has 1 atom stereocenters. The lowest BCUT2D eigenvalue weighted by Crippen LogP contribution is -1.91. The molecule has 0 amide bonds. The molecule has 0 saturated carbocycles. The molecule has 0 aliphatic heterocycles. The van der Waals surface area contributed by atoms with Crippen LogP contribution in [0.25, 0.3) is 6.08 Å². The molecule has 0 bridgehead atoms. The summed E-state index contributed by atoms with van der Waals surface area (Å²) in [7, 11) is 0. The maximum atomic E-state index is 4.54. The number of rotatable bonds is 4. The monoisotopic (exact) mass is 569 g/mol. The Kier molecular flexibility index (Phi) is 16.7. The van der Waals surface area contributed by atoms with Gasteiger partial charge in [-0.25, -0.2) is 4.98 Å². The number of aryl methyl sites for hydroxylation is 3. The van der Waals surface area contributed by atoms with Crippen LogP contribution in [0.5, 0.6) is 0 Å². The molecule has 1 heterocycles. The summed E-state index contributed by atoms with van der Waals surface area (Å²) in [6.45, 7) is 22.6. The van der Waals surface area contributed by atoms with Gasteiger partial charge in [0.15, 0.2) is 0 Å². The van der Waals surface area contributed by atoms with E-state index in [-0.39, 0.29) is 0 Å². The van der Waals surface area contributed by atoms with Crippen molar-refractivity contribution in [2.45, 2.75) is 78.7 Å². The Morgan fingerprint density at radius 2 is 1.57 bits per heavy atom. The fourth-order valence-corrected chi connectivity index (χ4v) is 4.26. The van der Waals surface area contributed by atoms with E-state index in [1.165, 1.54) is 39.2 Å². The highest BCUT2D eigenvalue weighted by Crippen LogP contribution is 2.32. The van der Waals surface area contributed by atoms with E-state index in [2.05, 4.69) is 126 Å². The summed E-state index contributed by atoms with van der Waals surface area (Å²) in [5.41, 5.74) is 8.72. The predicted octanol–water partition coefficient (Wildman–Crippen LogP) is 11.7. The van der Waals surface area contributed by atoms with Crippen LogP contribution in [0.4, 0.5) is 0 Å². The first-order chi connectivity index (χ1) is 18.9. The first-order valence-electron chi connectivity index (χ1n) is 13.8. The molecule has 1 aliphatic carbocycles. The number of benzene rings is 2. The third kappa shape index (κ3) is 15.5. The number of thiocarbonyl (C=S) groups is 1. The number of aromatic nitrogens is 1. The number of nitrogens with zero attached hydrogens (tertiary/aromatic N) is 1. The van der Waals surface area contributed by atoms with Gasteiger partial charge in [0.1, 0.15) is 5.03 Å². The molecule has 0 radical (unpaired) electrons. The van der Waals surface area contributed by atoms with Gasteiger partial charge in [0.2, 0.25) is 0 Å². The minimum Gasteiger partial charge on any atom is -0.249 e. The number of allylic oxidation sites excluding steroid dienone is 6. The van der Waals surface area contributed by atoms with Gasteiger partial charge in [0.25, 0.3) is 0 Å². The minimum absolute atomic E-state index is 0.763. The topological polar surface area (TPSA) is 12.9 Å². The lowest BCUT2D eigenvalue weighted by atomic mass is 10.00. The Bertz CT molecular complexity index is 1310. The van der Waals surface area contributed by atoms with E-state index in [1.54, 1.807) is 11.8 Å². The largest absolute Gasteiger partial charge is 0.249 e. The van der Waals surface area contributed by atoms with Gasteiger partial charge in [-0.3, -0.25) is 0 Å². The molecule has 0 spiro atoms. The highest BCUT2D eigenvalue weighted by Gasteiger charge is 2.07. The van der Waals surface area contributed by atoms with Gasteiger partial charge in [0.05, 0.1) is 0 Å². The lowest BCUT2D eigenvalue weighted by molar-refractivity contribution is 0.731. The summed E-state index contributed by atoms with van der Waals surface area (Å²) in [6.07, 6.45) is 12.0. The van der Waals surface area contributed by atoms with Gasteiger partial charge in [-0.2, -0.15) is 0 Å². The van der Waals surface area contributed by atoms with Gasteiger partial charge < -0.3 is 0 Å². The smallest absolute Gasteiger partial charge is 0.108 e. The van der Waals surface area contributed by atoms with Gasteiger partial charge in [-0.15, -0.1) is 0 Å². The second kappa shape index (κ2) is 19.1. The van der Waals surface area contributed by atoms with E-state index in [0.29, 0.717) is 0 Å². The van der Waals surface area contributed by atoms with Crippen LogP contribution in [-0.2, 0) is 0 Å². The highest BCUT2D eigenvalue weighted by atomic mass is 32.2. The molecule has 0 N–H and O–H groups in total. The Hall–Kier alpha value is -3.01. The van der Waals surface area contributed by atoms with Gasteiger partial charge in [-0.1, -0.05) is 127 Å². The molecule has 0 fully saturated rings. The minimum atomic E-state index is 0.763. The second-order valence-electron chi connectivity index (χ2n) is 10.5. The zero-order valence-corrected chi connectivity index (χ0v) is 27.5. The summed E-state index contributed by atoms with van der Waals surface area (Å²) in [4.78, 5) is 6.79. The van der Waals surface area contributed by atoms with Gasteiger partial charge >= 0.3 is 0 Å². The summed E-state index contributed by atoms with van der Waals surface area (Å²) < 4.78 is 0. The second-order valence-corrected chi connectivity index (χ2v) is 12.3. The molecule has 2 aromatic carbocycles. The highest BCUT2D eigenvalue weighted by molar-refractivity contribution is 7.99. The molecular formula is C37H47NS2. The molecular weight excluding hydrogens is 523 g/mol. The fraction of sp³-hybridized carbons (Fsp3) is 0.297. The van der Waals surface area contributed by atoms with Crippen LogP contribution in [0.2, 0.25) is 0 Å². The molecule has 3 aromatic rings. The maximum absolute atomic E-state index is 4.54. The Labute approximate surface area is 254 Å². The van der Waals surface area contributed by atoms with Crippen LogP contribution < -0.4 is 0 Å². The van der Waals surface area contributed by atoms with Gasteiger partial charge in [0, 0.05) is 16.7 Å². The summed E-state index contributed by atoms with van der Waals surface area (Å²) >= 11 is 6.25. The molecule has 1 unspecified atom stereocenters. The molecule has 1 aromatic heterocycles. The normalized spacial score (nSPS) is 13.8. The molecule has 1 aliphatic rings. The predicted molar refractivity (Wildman–Crippen MR) is 185 cm³/mol. The molecule has 0 saturated heterocycles. The van der Waals surface area contributed by atoms with Crippen molar-refractivity contribution >= 4 is 34.9 Å². The van der Waals surface area contributed by atoms with Crippen molar-refractivity contribution in [2.24, 2.45) is 5.92 Å². The number of hydrogen-bond acceptors (Lipinski definition) is 3. The van der Waals surface area contributed by atoms with E-state index >= 15 is 0 Å². The standard InChI is InChI=1S/C19H21NS.C8H12.C7H8.C3H6S/c1-13(2)15(4)12-17-7-6-10-20-19(17)21-18-9-8-14(3)11-16(18)5;1-7-3-5-8(2)6-4-7;1-7-5-3-2-4-6-7;1-3(2)4/h6-12H,1H2,2-5H3;3-5,8H,6H2,1-2H3;2-6H,1H3;1-2H3/b15-12+;;;. The molecule has 40 heavy (non-hydrogen) atoms. The Morgan fingerprint density at radius 3 is 2.05 bits per heavy atom. The van der Waals surface area contributed by atoms with Gasteiger partial charge in [-0.05, 0) is 102 Å². The van der Waals surface area contributed by atoms with E-state index in [1.807, 2.05) is 51.2 Å². The average molecular weight is 570 g/mol. The van der Waals surface area contributed by atoms with Crippen molar-refractivity contribution in [2.75, 3.05) is 0 Å². The first kappa shape index (κ1) is 35.0. The van der Waals surface area contributed by atoms with Crippen LogP contribution >= 0.6 is 24.0 Å². The summed E-state index contributed by atoms with van der Waals surface area (Å²) in [6, 6.07) is 20.9. The van der Waals surface area contributed by atoms with Crippen molar-refractivity contribution in [3.8, 4) is 0 Å². The van der Waals surface area contributed by atoms with E-state index in [4.69, 9.17) is 0 Å². The van der Waals surface area contributed by atoms with Crippen molar-refractivity contribution in [1.29, 1.82) is 0 Å².